The van der Waals surface area contributed by atoms with Gasteiger partial charge < -0.3 is 10.2 Å². The standard InChI is InChI=1S/C22H36O3/c1-2-3-6-9-19(23)14-15-21-18-13-12-17(16-18)20(21)10-7-4-5-8-11-22(24)25/h4,7,14-15,17-21,23H,2-3,5-6,8-13,16H2,1H3,(H,24,25)/b7-4-,15-14+/t17-,18+,19-,20-,21-/m0/s1. The summed E-state index contributed by atoms with van der Waals surface area (Å²) in [6.45, 7) is 2.19. The fourth-order valence-corrected chi connectivity index (χ4v) is 4.80. The van der Waals surface area contributed by atoms with Gasteiger partial charge in [-0.05, 0) is 68.6 Å². The molecule has 25 heavy (non-hydrogen) atoms. The van der Waals surface area contributed by atoms with Crippen molar-refractivity contribution in [3.8, 4) is 0 Å². The second-order valence-corrected chi connectivity index (χ2v) is 8.02. The van der Waals surface area contributed by atoms with Crippen LogP contribution in [0.1, 0.15) is 77.6 Å². The van der Waals surface area contributed by atoms with Gasteiger partial charge in [0, 0.05) is 6.42 Å². The van der Waals surface area contributed by atoms with Crippen molar-refractivity contribution in [3.05, 3.63) is 24.3 Å². The van der Waals surface area contributed by atoms with Crippen molar-refractivity contribution in [2.24, 2.45) is 23.7 Å². The van der Waals surface area contributed by atoms with Crippen molar-refractivity contribution in [2.45, 2.75) is 83.7 Å². The molecule has 3 nitrogen and oxygen atoms in total. The largest absolute Gasteiger partial charge is 0.481 e. The Balaban J connectivity index is 1.78. The molecule has 0 unspecified atom stereocenters. The molecule has 2 aliphatic carbocycles. The van der Waals surface area contributed by atoms with Crippen LogP contribution < -0.4 is 0 Å². The maximum atomic E-state index is 10.5. The SMILES string of the molecule is CCCCC[C@H](O)/C=C/[C@H]1[C@@H]2CC[C@@H](C2)[C@@H]1C/C=C\CCCC(=O)O. The summed E-state index contributed by atoms with van der Waals surface area (Å²) >= 11 is 0. The number of hydrogen-bond acceptors (Lipinski definition) is 2. The molecular weight excluding hydrogens is 312 g/mol. The van der Waals surface area contributed by atoms with Crippen molar-refractivity contribution in [2.75, 3.05) is 0 Å². The van der Waals surface area contributed by atoms with Gasteiger partial charge in [0.25, 0.3) is 0 Å². The second-order valence-electron chi connectivity index (χ2n) is 8.02. The molecule has 2 N–H and O–H groups in total. The van der Waals surface area contributed by atoms with Gasteiger partial charge in [-0.15, -0.1) is 0 Å². The van der Waals surface area contributed by atoms with Crippen LogP contribution in [0.5, 0.6) is 0 Å². The van der Waals surface area contributed by atoms with Crippen molar-refractivity contribution in [3.63, 3.8) is 0 Å². The molecule has 142 valence electrons. The molecule has 0 radical (unpaired) electrons. The number of aliphatic hydroxyl groups is 1. The minimum Gasteiger partial charge on any atom is -0.481 e. The minimum atomic E-state index is -0.704. The van der Waals surface area contributed by atoms with Gasteiger partial charge in [0.15, 0.2) is 0 Å². The second kappa shape index (κ2) is 10.8. The van der Waals surface area contributed by atoms with Crippen molar-refractivity contribution in [1.82, 2.24) is 0 Å². The van der Waals surface area contributed by atoms with Crippen LogP contribution in [0.25, 0.3) is 0 Å². The first-order chi connectivity index (χ1) is 12.1. The minimum absolute atomic E-state index is 0.264. The fraction of sp³-hybridized carbons (Fsp3) is 0.773. The first-order valence-electron chi connectivity index (χ1n) is 10.3. The van der Waals surface area contributed by atoms with Gasteiger partial charge in [-0.2, -0.15) is 0 Å². The number of carbonyl (C=O) groups is 1. The predicted octanol–water partition coefficient (Wildman–Crippen LogP) is 5.35. The Kier molecular flexibility index (Phi) is 8.74. The molecule has 0 amide bonds. The van der Waals surface area contributed by atoms with Gasteiger partial charge in [0.2, 0.25) is 0 Å². The highest BCUT2D eigenvalue weighted by molar-refractivity contribution is 5.66. The number of carboxylic acids is 1. The van der Waals surface area contributed by atoms with E-state index in [1.54, 1.807) is 0 Å². The van der Waals surface area contributed by atoms with Crippen molar-refractivity contribution >= 4 is 5.97 Å². The molecule has 2 aliphatic rings. The normalized spacial score (nSPS) is 29.8. The summed E-state index contributed by atoms with van der Waals surface area (Å²) < 4.78 is 0. The van der Waals surface area contributed by atoms with Crippen LogP contribution in [0.2, 0.25) is 0 Å². The molecule has 2 rings (SSSR count). The average molecular weight is 349 g/mol. The number of allylic oxidation sites excluding steroid dienone is 3. The lowest BCUT2D eigenvalue weighted by atomic mass is 9.77. The van der Waals surface area contributed by atoms with Gasteiger partial charge >= 0.3 is 5.97 Å². The number of aliphatic carboxylic acids is 1. The first-order valence-corrected chi connectivity index (χ1v) is 10.3. The highest BCUT2D eigenvalue weighted by Gasteiger charge is 2.45. The molecule has 0 aromatic rings. The molecule has 0 aliphatic heterocycles. The highest BCUT2D eigenvalue weighted by Crippen LogP contribution is 2.54. The molecule has 0 aromatic carbocycles. The van der Waals surface area contributed by atoms with Crippen LogP contribution in [0.15, 0.2) is 24.3 Å². The van der Waals surface area contributed by atoms with E-state index in [2.05, 4.69) is 31.2 Å². The Hall–Kier alpha value is -1.09. The molecule has 2 bridgehead atoms. The quantitative estimate of drug-likeness (QED) is 0.369. The smallest absolute Gasteiger partial charge is 0.303 e. The van der Waals surface area contributed by atoms with Crippen LogP contribution in [0, 0.1) is 23.7 Å². The Morgan fingerprint density at radius 2 is 1.96 bits per heavy atom. The van der Waals surface area contributed by atoms with E-state index >= 15 is 0 Å². The molecule has 0 heterocycles. The molecule has 2 fully saturated rings. The van der Waals surface area contributed by atoms with E-state index in [-0.39, 0.29) is 12.5 Å². The van der Waals surface area contributed by atoms with Gasteiger partial charge in [-0.25, -0.2) is 0 Å². The number of hydrogen-bond donors (Lipinski definition) is 2. The van der Waals surface area contributed by atoms with Crippen LogP contribution in [0.4, 0.5) is 0 Å². The van der Waals surface area contributed by atoms with Gasteiger partial charge in [-0.3, -0.25) is 4.79 Å². The summed E-state index contributed by atoms with van der Waals surface area (Å²) in [7, 11) is 0. The van der Waals surface area contributed by atoms with E-state index in [4.69, 9.17) is 5.11 Å². The molecular formula is C22H36O3. The number of carboxylic acid groups (broad SMARTS) is 1. The molecule has 2 saturated carbocycles. The third-order valence-corrected chi connectivity index (χ3v) is 6.15. The lowest BCUT2D eigenvalue weighted by Crippen LogP contribution is -2.20. The number of unbranched alkanes of at least 4 members (excludes halogenated alkanes) is 3. The summed E-state index contributed by atoms with van der Waals surface area (Å²) in [4.78, 5) is 10.5. The maximum absolute atomic E-state index is 10.5. The number of aliphatic hydroxyl groups excluding tert-OH is 1. The Morgan fingerprint density at radius 1 is 1.16 bits per heavy atom. The topological polar surface area (TPSA) is 57.5 Å². The summed E-state index contributed by atoms with van der Waals surface area (Å²) in [5.74, 6) is 2.30. The lowest BCUT2D eigenvalue weighted by molar-refractivity contribution is -0.137. The van der Waals surface area contributed by atoms with E-state index in [9.17, 15) is 9.90 Å². The van der Waals surface area contributed by atoms with Crippen LogP contribution in [0.3, 0.4) is 0 Å². The predicted molar refractivity (Wildman–Crippen MR) is 102 cm³/mol. The highest BCUT2D eigenvalue weighted by atomic mass is 16.4. The first kappa shape index (κ1) is 20.2. The Labute approximate surface area is 153 Å². The van der Waals surface area contributed by atoms with Crippen LogP contribution >= 0.6 is 0 Å². The molecule has 5 atom stereocenters. The lowest BCUT2D eigenvalue weighted by Gasteiger charge is -2.28. The average Bonchev–Trinajstić information content (AvgIpc) is 3.17. The number of fused-ring (bicyclic) bond motifs is 2. The fourth-order valence-electron chi connectivity index (χ4n) is 4.80. The summed E-state index contributed by atoms with van der Waals surface area (Å²) in [6.07, 6.45) is 20.0. The molecule has 0 aromatic heterocycles. The van der Waals surface area contributed by atoms with E-state index in [1.165, 1.54) is 32.1 Å². The summed E-state index contributed by atoms with van der Waals surface area (Å²) in [6, 6.07) is 0. The van der Waals surface area contributed by atoms with E-state index in [1.807, 2.05) is 0 Å². The molecule has 0 spiro atoms. The van der Waals surface area contributed by atoms with Crippen LogP contribution in [-0.4, -0.2) is 22.3 Å². The zero-order valence-corrected chi connectivity index (χ0v) is 15.8. The Morgan fingerprint density at radius 3 is 2.72 bits per heavy atom. The van der Waals surface area contributed by atoms with Crippen LogP contribution in [-0.2, 0) is 4.79 Å². The van der Waals surface area contributed by atoms with Crippen molar-refractivity contribution in [1.29, 1.82) is 0 Å². The maximum Gasteiger partial charge on any atom is 0.303 e. The van der Waals surface area contributed by atoms with Gasteiger partial charge in [-0.1, -0.05) is 50.5 Å². The zero-order valence-electron chi connectivity index (χ0n) is 15.8. The van der Waals surface area contributed by atoms with E-state index in [0.717, 1.165) is 43.9 Å². The van der Waals surface area contributed by atoms with E-state index < -0.39 is 5.97 Å². The third-order valence-electron chi connectivity index (χ3n) is 6.15. The van der Waals surface area contributed by atoms with Crippen molar-refractivity contribution < 1.29 is 15.0 Å². The zero-order chi connectivity index (χ0) is 18.1. The molecule has 3 heteroatoms. The van der Waals surface area contributed by atoms with E-state index in [0.29, 0.717) is 11.8 Å². The van der Waals surface area contributed by atoms with Gasteiger partial charge in [0.05, 0.1) is 6.10 Å². The summed E-state index contributed by atoms with van der Waals surface area (Å²) in [5, 5.41) is 18.8. The number of rotatable bonds is 12. The van der Waals surface area contributed by atoms with Gasteiger partial charge in [0.1, 0.15) is 0 Å². The monoisotopic (exact) mass is 348 g/mol. The molecule has 0 saturated heterocycles. The summed E-state index contributed by atoms with van der Waals surface area (Å²) in [5.41, 5.74) is 0. The Bertz CT molecular complexity index is 454. The third kappa shape index (κ3) is 6.62.